The zero-order valence-corrected chi connectivity index (χ0v) is 14.6. The first kappa shape index (κ1) is 16.1. The first-order valence-electron chi connectivity index (χ1n) is 5.77. The molecule has 8 heteroatoms. The number of nitrogens with one attached hydrogen (secondary N) is 1. The summed E-state index contributed by atoms with van der Waals surface area (Å²) >= 11 is 9.06. The van der Waals surface area contributed by atoms with Gasteiger partial charge in [0.1, 0.15) is 0 Å². The van der Waals surface area contributed by atoms with Crippen molar-refractivity contribution >= 4 is 53.2 Å². The second kappa shape index (κ2) is 5.16. The Kier molecular flexibility index (Phi) is 4.15. The Morgan fingerprint density at radius 3 is 2.45 bits per heavy atom. The molecule has 1 amide bonds. The SMILES string of the molecule is CC1(C)CC1NC(=O)c1cc(S(=O)(=O)Cl)c(Br)cc1Cl. The highest BCUT2D eigenvalue weighted by atomic mass is 79.9. The standard InChI is InChI=1S/C12H12BrCl2NO3S/c1-12(2)5-10(12)16-11(17)6-3-9(20(15,18)19)7(13)4-8(6)14/h3-4,10H,5H2,1-2H3,(H,16,17). The van der Waals surface area contributed by atoms with Crippen molar-refractivity contribution in [1.29, 1.82) is 0 Å². The van der Waals surface area contributed by atoms with Gasteiger partial charge in [-0.1, -0.05) is 25.4 Å². The van der Waals surface area contributed by atoms with Gasteiger partial charge in [0.15, 0.2) is 0 Å². The van der Waals surface area contributed by atoms with Gasteiger partial charge in [-0.3, -0.25) is 4.79 Å². The van der Waals surface area contributed by atoms with Crippen LogP contribution < -0.4 is 5.32 Å². The summed E-state index contributed by atoms with van der Waals surface area (Å²) in [6.45, 7) is 4.07. The Morgan fingerprint density at radius 1 is 1.45 bits per heavy atom. The largest absolute Gasteiger partial charge is 0.349 e. The van der Waals surface area contributed by atoms with Crippen LogP contribution in [0.2, 0.25) is 5.02 Å². The minimum Gasteiger partial charge on any atom is -0.349 e. The molecule has 1 fully saturated rings. The fraction of sp³-hybridized carbons (Fsp3) is 0.417. The highest BCUT2D eigenvalue weighted by Gasteiger charge is 2.46. The van der Waals surface area contributed by atoms with Crippen LogP contribution in [-0.2, 0) is 9.05 Å². The van der Waals surface area contributed by atoms with Crippen molar-refractivity contribution in [3.05, 3.63) is 27.2 Å². The Hall–Kier alpha value is -0.300. The second-order valence-electron chi connectivity index (χ2n) is 5.42. The molecule has 110 valence electrons. The van der Waals surface area contributed by atoms with E-state index in [0.29, 0.717) is 0 Å². The molecular weight excluding hydrogens is 389 g/mol. The number of rotatable bonds is 3. The van der Waals surface area contributed by atoms with E-state index in [1.54, 1.807) is 0 Å². The lowest BCUT2D eigenvalue weighted by Gasteiger charge is -2.10. The van der Waals surface area contributed by atoms with E-state index in [1.165, 1.54) is 12.1 Å². The quantitative estimate of drug-likeness (QED) is 0.789. The number of hydrogen-bond donors (Lipinski definition) is 1. The average Bonchev–Trinajstić information content (AvgIpc) is 2.83. The summed E-state index contributed by atoms with van der Waals surface area (Å²) < 4.78 is 23.1. The van der Waals surface area contributed by atoms with E-state index in [9.17, 15) is 13.2 Å². The fourth-order valence-corrected chi connectivity index (χ4v) is 4.42. The van der Waals surface area contributed by atoms with E-state index in [1.807, 2.05) is 13.8 Å². The smallest absolute Gasteiger partial charge is 0.262 e. The number of hydrogen-bond acceptors (Lipinski definition) is 3. The molecule has 0 radical (unpaired) electrons. The van der Waals surface area contributed by atoms with Gasteiger partial charge in [0, 0.05) is 21.2 Å². The van der Waals surface area contributed by atoms with Gasteiger partial charge in [-0.15, -0.1) is 0 Å². The Balaban J connectivity index is 2.34. The van der Waals surface area contributed by atoms with Crippen molar-refractivity contribution in [2.75, 3.05) is 0 Å². The summed E-state index contributed by atoms with van der Waals surface area (Å²) in [5.41, 5.74) is 0.163. The maximum absolute atomic E-state index is 12.1. The number of carbonyl (C=O) groups is 1. The Bertz CT molecular complexity index is 688. The van der Waals surface area contributed by atoms with Gasteiger partial charge < -0.3 is 5.32 Å². The van der Waals surface area contributed by atoms with E-state index in [-0.39, 0.29) is 31.4 Å². The van der Waals surface area contributed by atoms with E-state index in [2.05, 4.69) is 21.2 Å². The van der Waals surface area contributed by atoms with Crippen molar-refractivity contribution in [2.45, 2.75) is 31.2 Å². The molecule has 1 N–H and O–H groups in total. The van der Waals surface area contributed by atoms with Crippen LogP contribution in [-0.4, -0.2) is 20.4 Å². The van der Waals surface area contributed by atoms with Gasteiger partial charge in [0.05, 0.1) is 15.5 Å². The van der Waals surface area contributed by atoms with E-state index in [4.69, 9.17) is 22.3 Å². The Morgan fingerprint density at radius 2 is 2.00 bits per heavy atom. The molecule has 1 atom stereocenters. The van der Waals surface area contributed by atoms with Gasteiger partial charge >= 0.3 is 0 Å². The Labute approximate surface area is 135 Å². The highest BCUT2D eigenvalue weighted by molar-refractivity contribution is 9.10. The number of amides is 1. The van der Waals surface area contributed by atoms with Crippen LogP contribution in [0.3, 0.4) is 0 Å². The van der Waals surface area contributed by atoms with Crippen LogP contribution >= 0.6 is 38.2 Å². The zero-order chi connectivity index (χ0) is 15.3. The van der Waals surface area contributed by atoms with Crippen LogP contribution in [0.15, 0.2) is 21.5 Å². The van der Waals surface area contributed by atoms with Gasteiger partial charge in [-0.05, 0) is 39.9 Å². The molecule has 1 aromatic rings. The van der Waals surface area contributed by atoms with E-state index in [0.717, 1.165) is 6.42 Å². The molecule has 0 saturated heterocycles. The van der Waals surface area contributed by atoms with Crippen molar-refractivity contribution < 1.29 is 13.2 Å². The minimum absolute atomic E-state index is 0.0683. The topological polar surface area (TPSA) is 63.2 Å². The summed E-state index contributed by atoms with van der Waals surface area (Å²) in [7, 11) is 1.37. The minimum atomic E-state index is -3.96. The summed E-state index contributed by atoms with van der Waals surface area (Å²) in [6, 6.07) is 2.61. The molecular formula is C12H12BrCl2NO3S. The summed E-state index contributed by atoms with van der Waals surface area (Å²) in [6.07, 6.45) is 0.882. The molecule has 1 saturated carbocycles. The monoisotopic (exact) mass is 399 g/mol. The third-order valence-electron chi connectivity index (χ3n) is 3.35. The predicted octanol–water partition coefficient (Wildman–Crippen LogP) is 3.56. The van der Waals surface area contributed by atoms with E-state index >= 15 is 0 Å². The molecule has 1 aliphatic rings. The second-order valence-corrected chi connectivity index (χ2v) is 9.21. The number of halogens is 3. The molecule has 0 heterocycles. The molecule has 0 aliphatic heterocycles. The van der Waals surface area contributed by atoms with Crippen LogP contribution in [0.25, 0.3) is 0 Å². The lowest BCUT2D eigenvalue weighted by molar-refractivity contribution is 0.0946. The summed E-state index contributed by atoms with van der Waals surface area (Å²) in [4.78, 5) is 12.0. The normalized spacial score (nSPS) is 20.6. The molecule has 0 aromatic heterocycles. The third-order valence-corrected chi connectivity index (χ3v) is 5.94. The maximum Gasteiger partial charge on any atom is 0.262 e. The number of benzene rings is 1. The molecule has 0 spiro atoms. The molecule has 4 nitrogen and oxygen atoms in total. The van der Waals surface area contributed by atoms with Crippen LogP contribution in [0.4, 0.5) is 0 Å². The van der Waals surface area contributed by atoms with E-state index < -0.39 is 15.0 Å². The lowest BCUT2D eigenvalue weighted by atomic mass is 10.1. The average molecular weight is 401 g/mol. The van der Waals surface area contributed by atoms with Crippen molar-refractivity contribution in [3.63, 3.8) is 0 Å². The van der Waals surface area contributed by atoms with Crippen LogP contribution in [0, 0.1) is 5.41 Å². The van der Waals surface area contributed by atoms with Gasteiger partial charge in [-0.25, -0.2) is 8.42 Å². The third kappa shape index (κ3) is 3.30. The predicted molar refractivity (Wildman–Crippen MR) is 81.8 cm³/mol. The zero-order valence-electron chi connectivity index (χ0n) is 10.7. The molecule has 1 aromatic carbocycles. The van der Waals surface area contributed by atoms with Crippen molar-refractivity contribution in [3.8, 4) is 0 Å². The van der Waals surface area contributed by atoms with Crippen LogP contribution in [0.1, 0.15) is 30.6 Å². The fourth-order valence-electron chi connectivity index (χ4n) is 1.84. The van der Waals surface area contributed by atoms with Gasteiger partial charge in [-0.2, -0.15) is 0 Å². The van der Waals surface area contributed by atoms with Gasteiger partial charge in [0.2, 0.25) is 0 Å². The van der Waals surface area contributed by atoms with Crippen LogP contribution in [0.5, 0.6) is 0 Å². The number of carbonyl (C=O) groups excluding carboxylic acids is 1. The molecule has 1 unspecified atom stereocenters. The molecule has 20 heavy (non-hydrogen) atoms. The maximum atomic E-state index is 12.1. The summed E-state index contributed by atoms with van der Waals surface area (Å²) in [5, 5.41) is 2.99. The molecule has 2 rings (SSSR count). The van der Waals surface area contributed by atoms with Gasteiger partial charge in [0.25, 0.3) is 15.0 Å². The highest BCUT2D eigenvalue weighted by Crippen LogP contribution is 2.44. The van der Waals surface area contributed by atoms with Crippen molar-refractivity contribution in [1.82, 2.24) is 5.32 Å². The lowest BCUT2D eigenvalue weighted by Crippen LogP contribution is -2.28. The first-order valence-corrected chi connectivity index (χ1v) is 9.25. The molecule has 1 aliphatic carbocycles. The summed E-state index contributed by atoms with van der Waals surface area (Å²) in [5.74, 6) is -0.403. The molecule has 0 bridgehead atoms. The first-order chi connectivity index (χ1) is 9.02. The van der Waals surface area contributed by atoms with Crippen molar-refractivity contribution in [2.24, 2.45) is 5.41 Å².